The summed E-state index contributed by atoms with van der Waals surface area (Å²) in [4.78, 5) is 30.1. The lowest BCUT2D eigenvalue weighted by molar-refractivity contribution is 0.0526. The number of esters is 1. The molecule has 0 spiro atoms. The van der Waals surface area contributed by atoms with Crippen LogP contribution in [0.15, 0.2) is 42.6 Å². The first kappa shape index (κ1) is 18.6. The van der Waals surface area contributed by atoms with Crippen molar-refractivity contribution in [1.29, 1.82) is 0 Å². The van der Waals surface area contributed by atoms with Crippen molar-refractivity contribution in [2.45, 2.75) is 19.4 Å². The van der Waals surface area contributed by atoms with E-state index in [0.717, 1.165) is 18.8 Å². The molecular weight excluding hydrogens is 351 g/mol. The molecule has 1 aliphatic rings. The highest BCUT2D eigenvalue weighted by Crippen LogP contribution is 2.19. The fourth-order valence-electron chi connectivity index (χ4n) is 2.88. The van der Waals surface area contributed by atoms with Crippen LogP contribution >= 0.6 is 0 Å². The van der Waals surface area contributed by atoms with Crippen LogP contribution in [0.5, 0.6) is 0 Å². The summed E-state index contributed by atoms with van der Waals surface area (Å²) < 4.78 is 17.8. The Balaban J connectivity index is 1.51. The number of pyridine rings is 1. The van der Waals surface area contributed by atoms with Crippen LogP contribution in [0.25, 0.3) is 0 Å². The van der Waals surface area contributed by atoms with Crippen LogP contribution in [0, 0.1) is 5.82 Å². The minimum absolute atomic E-state index is 0.0306. The maximum absolute atomic E-state index is 12.9. The van der Waals surface area contributed by atoms with E-state index >= 15 is 0 Å². The van der Waals surface area contributed by atoms with Gasteiger partial charge in [-0.15, -0.1) is 0 Å². The summed E-state index contributed by atoms with van der Waals surface area (Å²) in [6.07, 6.45) is 2.27. The van der Waals surface area contributed by atoms with Crippen molar-refractivity contribution >= 4 is 23.5 Å². The molecule has 7 nitrogen and oxygen atoms in total. The first-order chi connectivity index (χ1) is 13.0. The number of carbonyl (C=O) groups is 2. The predicted molar refractivity (Wildman–Crippen MR) is 99.4 cm³/mol. The highest BCUT2D eigenvalue weighted by molar-refractivity contribution is 5.90. The molecule has 0 aliphatic carbocycles. The Morgan fingerprint density at radius 3 is 2.70 bits per heavy atom. The number of hydrogen-bond donors (Lipinski definition) is 2. The third kappa shape index (κ3) is 4.93. The molecule has 1 aliphatic heterocycles. The lowest BCUT2D eigenvalue weighted by Crippen LogP contribution is -2.39. The lowest BCUT2D eigenvalue weighted by atomic mass is 10.2. The zero-order chi connectivity index (χ0) is 19.2. The molecule has 27 heavy (non-hydrogen) atoms. The van der Waals surface area contributed by atoms with E-state index in [2.05, 4.69) is 15.6 Å². The second kappa shape index (κ2) is 8.48. The summed E-state index contributed by atoms with van der Waals surface area (Å²) in [6.45, 7) is 3.43. The fraction of sp³-hybridized carbons (Fsp3) is 0.316. The van der Waals surface area contributed by atoms with E-state index < -0.39 is 5.97 Å². The summed E-state index contributed by atoms with van der Waals surface area (Å²) >= 11 is 0. The zero-order valence-corrected chi connectivity index (χ0v) is 14.9. The Hall–Kier alpha value is -3.16. The number of hydrogen-bond acceptors (Lipinski definition) is 5. The average Bonchev–Trinajstić information content (AvgIpc) is 3.12. The molecule has 1 unspecified atom stereocenters. The Labute approximate surface area is 156 Å². The first-order valence-electron chi connectivity index (χ1n) is 8.76. The summed E-state index contributed by atoms with van der Waals surface area (Å²) in [5, 5.41) is 5.58. The van der Waals surface area contributed by atoms with Crippen molar-refractivity contribution in [2.24, 2.45) is 0 Å². The molecule has 3 rings (SSSR count). The van der Waals surface area contributed by atoms with E-state index in [1.165, 1.54) is 30.5 Å². The van der Waals surface area contributed by atoms with Gasteiger partial charge in [0.1, 0.15) is 11.6 Å². The standard InChI is InChI=1S/C19H21FN4O3/c1-2-27-18(25)13-3-8-17(21-11-13)24-10-9-16(12-24)23-19(26)22-15-6-4-14(20)5-7-15/h3-8,11,16H,2,9-10,12H2,1H3,(H2,22,23,26). The van der Waals surface area contributed by atoms with Crippen LogP contribution in [0.4, 0.5) is 20.7 Å². The van der Waals surface area contributed by atoms with Gasteiger partial charge in [-0.25, -0.2) is 19.0 Å². The van der Waals surface area contributed by atoms with Crippen LogP contribution in [0.3, 0.4) is 0 Å². The van der Waals surface area contributed by atoms with Gasteiger partial charge in [-0.2, -0.15) is 0 Å². The smallest absolute Gasteiger partial charge is 0.339 e. The number of rotatable bonds is 5. The van der Waals surface area contributed by atoms with Crippen LogP contribution in [-0.2, 0) is 4.74 Å². The number of halogens is 1. The largest absolute Gasteiger partial charge is 0.462 e. The molecule has 2 amide bonds. The lowest BCUT2D eigenvalue weighted by Gasteiger charge is -2.18. The quantitative estimate of drug-likeness (QED) is 0.789. The van der Waals surface area contributed by atoms with Crippen molar-refractivity contribution in [3.63, 3.8) is 0 Å². The third-order valence-corrected chi connectivity index (χ3v) is 4.21. The highest BCUT2D eigenvalue weighted by Gasteiger charge is 2.25. The minimum atomic E-state index is -0.394. The third-order valence-electron chi connectivity index (χ3n) is 4.21. The van der Waals surface area contributed by atoms with E-state index in [9.17, 15) is 14.0 Å². The summed E-state index contributed by atoms with van der Waals surface area (Å²) in [7, 11) is 0. The van der Waals surface area contributed by atoms with Crippen LogP contribution < -0.4 is 15.5 Å². The molecule has 2 heterocycles. The molecule has 0 bridgehead atoms. The number of urea groups is 1. The maximum Gasteiger partial charge on any atom is 0.339 e. The molecule has 0 radical (unpaired) electrons. The van der Waals surface area contributed by atoms with E-state index in [1.54, 1.807) is 19.1 Å². The monoisotopic (exact) mass is 372 g/mol. The zero-order valence-electron chi connectivity index (χ0n) is 14.9. The number of nitrogens with one attached hydrogen (secondary N) is 2. The van der Waals surface area contributed by atoms with Crippen LogP contribution in [-0.4, -0.2) is 42.7 Å². The molecule has 2 N–H and O–H groups in total. The van der Waals surface area contributed by atoms with Gasteiger partial charge < -0.3 is 20.3 Å². The molecule has 1 fully saturated rings. The number of aromatic nitrogens is 1. The van der Waals surface area contributed by atoms with Gasteiger partial charge in [-0.3, -0.25) is 0 Å². The van der Waals surface area contributed by atoms with Gasteiger partial charge in [0.05, 0.1) is 12.2 Å². The Morgan fingerprint density at radius 1 is 1.26 bits per heavy atom. The van der Waals surface area contributed by atoms with Crippen molar-refractivity contribution < 1.29 is 18.7 Å². The number of anilines is 2. The minimum Gasteiger partial charge on any atom is -0.462 e. The molecule has 1 atom stereocenters. The predicted octanol–water partition coefficient (Wildman–Crippen LogP) is 2.80. The number of benzene rings is 1. The molecular formula is C19H21FN4O3. The molecule has 142 valence electrons. The van der Waals surface area contributed by atoms with Crippen molar-refractivity contribution in [2.75, 3.05) is 29.9 Å². The SMILES string of the molecule is CCOC(=O)c1ccc(N2CCC(NC(=O)Nc3ccc(F)cc3)C2)nc1. The van der Waals surface area contributed by atoms with Gasteiger partial charge in [0.15, 0.2) is 0 Å². The maximum atomic E-state index is 12.9. The normalized spacial score (nSPS) is 16.1. The van der Waals surface area contributed by atoms with Gasteiger partial charge in [-0.1, -0.05) is 0 Å². The van der Waals surface area contributed by atoms with Crippen molar-refractivity contribution in [3.05, 3.63) is 54.0 Å². The molecule has 2 aromatic rings. The van der Waals surface area contributed by atoms with Gasteiger partial charge >= 0.3 is 12.0 Å². The second-order valence-electron chi connectivity index (χ2n) is 6.16. The highest BCUT2D eigenvalue weighted by atomic mass is 19.1. The Bertz CT molecular complexity index is 796. The topological polar surface area (TPSA) is 83.6 Å². The van der Waals surface area contributed by atoms with Crippen molar-refractivity contribution in [1.82, 2.24) is 10.3 Å². The number of ether oxygens (including phenoxy) is 1. The van der Waals surface area contributed by atoms with Gasteiger partial charge in [-0.05, 0) is 49.7 Å². The van der Waals surface area contributed by atoms with Gasteiger partial charge in [0.25, 0.3) is 0 Å². The van der Waals surface area contributed by atoms with Gasteiger partial charge in [0, 0.05) is 31.0 Å². The summed E-state index contributed by atoms with van der Waals surface area (Å²) in [6, 6.07) is 8.68. The fourth-order valence-corrected chi connectivity index (χ4v) is 2.88. The molecule has 1 aromatic heterocycles. The molecule has 8 heteroatoms. The number of amides is 2. The summed E-state index contributed by atoms with van der Waals surface area (Å²) in [5.41, 5.74) is 0.938. The van der Waals surface area contributed by atoms with E-state index in [-0.39, 0.29) is 17.9 Å². The number of carbonyl (C=O) groups excluding carboxylic acids is 2. The van der Waals surface area contributed by atoms with Crippen LogP contribution in [0.1, 0.15) is 23.7 Å². The van der Waals surface area contributed by atoms with Gasteiger partial charge in [0.2, 0.25) is 0 Å². The molecule has 1 aromatic carbocycles. The molecule has 0 saturated carbocycles. The van der Waals surface area contributed by atoms with E-state index in [1.807, 2.05) is 4.90 Å². The second-order valence-corrected chi connectivity index (χ2v) is 6.16. The first-order valence-corrected chi connectivity index (χ1v) is 8.76. The van der Waals surface area contributed by atoms with Crippen LogP contribution in [0.2, 0.25) is 0 Å². The average molecular weight is 372 g/mol. The van der Waals surface area contributed by atoms with E-state index in [4.69, 9.17) is 4.74 Å². The summed E-state index contributed by atoms with van der Waals surface area (Å²) in [5.74, 6) is -0.00450. The Morgan fingerprint density at radius 2 is 2.04 bits per heavy atom. The van der Waals surface area contributed by atoms with Crippen molar-refractivity contribution in [3.8, 4) is 0 Å². The Kier molecular flexibility index (Phi) is 5.85. The van der Waals surface area contributed by atoms with E-state index in [0.29, 0.717) is 24.4 Å². The molecule has 1 saturated heterocycles. The number of nitrogens with zero attached hydrogens (tertiary/aromatic N) is 2.